The van der Waals surface area contributed by atoms with Crippen molar-refractivity contribution in [3.63, 3.8) is 0 Å². The van der Waals surface area contributed by atoms with Gasteiger partial charge in [-0.1, -0.05) is 6.07 Å². The zero-order valence-electron chi connectivity index (χ0n) is 15.8. The van der Waals surface area contributed by atoms with Crippen molar-refractivity contribution >= 4 is 11.7 Å². The quantitative estimate of drug-likeness (QED) is 0.856. The summed E-state index contributed by atoms with van der Waals surface area (Å²) in [6.45, 7) is 5.00. The maximum absolute atomic E-state index is 12.1. The van der Waals surface area contributed by atoms with E-state index in [-0.39, 0.29) is 5.91 Å². The number of pyridine rings is 1. The molecule has 3 heterocycles. The normalized spacial score (nSPS) is 18.9. The molecule has 0 atom stereocenters. The van der Waals surface area contributed by atoms with Crippen molar-refractivity contribution in [1.29, 1.82) is 0 Å². The lowest BCUT2D eigenvalue weighted by molar-refractivity contribution is 0.0950. The minimum Gasteiger partial charge on any atom is -0.454 e. The lowest BCUT2D eigenvalue weighted by atomic mass is 10.1. The van der Waals surface area contributed by atoms with E-state index in [1.165, 1.54) is 5.56 Å². The number of ether oxygens (including phenoxy) is 2. The molecule has 0 spiro atoms. The number of carbonyl (C=O) groups is 1. The molecule has 2 aromatic rings. The summed E-state index contributed by atoms with van der Waals surface area (Å²) >= 11 is 0. The standard InChI is InChI=1S/C21H24N4O3/c26-21(23-17-3-4-17)16-2-6-20(22-12-16)25-9-7-24(8-10-25)13-15-1-5-18-19(11-15)28-14-27-18/h1-2,5-6,11-12,17H,3-4,7-10,13-14H2,(H,23,26). The summed E-state index contributed by atoms with van der Waals surface area (Å²) in [7, 11) is 0. The van der Waals surface area contributed by atoms with Gasteiger partial charge in [0.1, 0.15) is 5.82 Å². The number of hydrogen-bond acceptors (Lipinski definition) is 6. The molecule has 1 aliphatic carbocycles. The number of aromatic nitrogens is 1. The Balaban J connectivity index is 1.15. The number of hydrogen-bond donors (Lipinski definition) is 1. The number of fused-ring (bicyclic) bond motifs is 1. The highest BCUT2D eigenvalue weighted by molar-refractivity contribution is 5.94. The van der Waals surface area contributed by atoms with E-state index >= 15 is 0 Å². The number of carbonyl (C=O) groups excluding carboxylic acids is 1. The second-order valence-corrected chi connectivity index (χ2v) is 7.60. The molecular weight excluding hydrogens is 356 g/mol. The van der Waals surface area contributed by atoms with Crippen LogP contribution in [-0.2, 0) is 6.54 Å². The number of amides is 1. The average molecular weight is 380 g/mol. The number of piperazine rings is 1. The van der Waals surface area contributed by atoms with Gasteiger partial charge in [-0.15, -0.1) is 0 Å². The van der Waals surface area contributed by atoms with Gasteiger partial charge in [0, 0.05) is 45.0 Å². The predicted molar refractivity (Wildman–Crippen MR) is 105 cm³/mol. The molecule has 1 saturated heterocycles. The highest BCUT2D eigenvalue weighted by Crippen LogP contribution is 2.33. The van der Waals surface area contributed by atoms with Crippen molar-refractivity contribution in [3.05, 3.63) is 47.7 Å². The first kappa shape index (κ1) is 17.3. The van der Waals surface area contributed by atoms with Crippen LogP contribution in [0.5, 0.6) is 11.5 Å². The fourth-order valence-electron chi connectivity index (χ4n) is 3.64. The van der Waals surface area contributed by atoms with Gasteiger partial charge >= 0.3 is 0 Å². The van der Waals surface area contributed by atoms with Crippen molar-refractivity contribution in [2.24, 2.45) is 0 Å². The van der Waals surface area contributed by atoms with Gasteiger partial charge in [0.05, 0.1) is 5.56 Å². The third kappa shape index (κ3) is 3.75. The summed E-state index contributed by atoms with van der Waals surface area (Å²) in [5.41, 5.74) is 1.87. The van der Waals surface area contributed by atoms with Gasteiger partial charge in [-0.05, 0) is 42.7 Å². The molecule has 1 saturated carbocycles. The largest absolute Gasteiger partial charge is 0.454 e. The molecule has 7 nitrogen and oxygen atoms in total. The van der Waals surface area contributed by atoms with E-state index < -0.39 is 0 Å². The van der Waals surface area contributed by atoms with E-state index in [0.717, 1.165) is 62.9 Å². The minimum atomic E-state index is -0.0184. The number of rotatable bonds is 5. The number of nitrogens with zero attached hydrogens (tertiary/aromatic N) is 3. The first-order chi connectivity index (χ1) is 13.7. The molecule has 1 aromatic heterocycles. The highest BCUT2D eigenvalue weighted by atomic mass is 16.7. The van der Waals surface area contributed by atoms with Crippen LogP contribution in [0.2, 0.25) is 0 Å². The van der Waals surface area contributed by atoms with Crippen LogP contribution < -0.4 is 19.7 Å². The summed E-state index contributed by atoms with van der Waals surface area (Å²) < 4.78 is 10.8. The lowest BCUT2D eigenvalue weighted by Crippen LogP contribution is -2.46. The Morgan fingerprint density at radius 3 is 2.64 bits per heavy atom. The molecule has 1 amide bonds. The molecule has 0 unspecified atom stereocenters. The highest BCUT2D eigenvalue weighted by Gasteiger charge is 2.24. The Hall–Kier alpha value is -2.80. The second-order valence-electron chi connectivity index (χ2n) is 7.60. The van der Waals surface area contributed by atoms with Crippen LogP contribution in [0.3, 0.4) is 0 Å². The third-order valence-corrected chi connectivity index (χ3v) is 5.46. The molecule has 3 aliphatic rings. The monoisotopic (exact) mass is 380 g/mol. The fraction of sp³-hybridized carbons (Fsp3) is 0.429. The fourth-order valence-corrected chi connectivity index (χ4v) is 3.64. The summed E-state index contributed by atoms with van der Waals surface area (Å²) in [5.74, 6) is 2.58. The van der Waals surface area contributed by atoms with Crippen molar-refractivity contribution in [2.45, 2.75) is 25.4 Å². The molecular formula is C21H24N4O3. The smallest absolute Gasteiger partial charge is 0.253 e. The molecule has 1 aromatic carbocycles. The zero-order chi connectivity index (χ0) is 18.9. The Morgan fingerprint density at radius 1 is 1.07 bits per heavy atom. The van der Waals surface area contributed by atoms with E-state index in [0.29, 0.717) is 18.4 Å². The average Bonchev–Trinajstić information content (AvgIpc) is 3.42. The molecule has 2 aliphatic heterocycles. The zero-order valence-corrected chi connectivity index (χ0v) is 15.8. The van der Waals surface area contributed by atoms with Crippen LogP contribution in [0.4, 0.5) is 5.82 Å². The topological polar surface area (TPSA) is 66.9 Å². The Morgan fingerprint density at radius 2 is 1.89 bits per heavy atom. The summed E-state index contributed by atoms with van der Waals surface area (Å²) in [6, 6.07) is 10.4. The van der Waals surface area contributed by atoms with E-state index in [1.54, 1.807) is 6.20 Å². The van der Waals surface area contributed by atoms with E-state index in [4.69, 9.17) is 9.47 Å². The van der Waals surface area contributed by atoms with Crippen molar-refractivity contribution in [1.82, 2.24) is 15.2 Å². The number of anilines is 1. The molecule has 5 rings (SSSR count). The molecule has 146 valence electrons. The van der Waals surface area contributed by atoms with Gasteiger partial charge in [0.15, 0.2) is 11.5 Å². The Labute approximate surface area is 164 Å². The Bertz CT molecular complexity index is 858. The van der Waals surface area contributed by atoms with Crippen molar-refractivity contribution in [2.75, 3.05) is 37.9 Å². The maximum Gasteiger partial charge on any atom is 0.253 e. The van der Waals surface area contributed by atoms with Gasteiger partial charge in [-0.25, -0.2) is 4.98 Å². The van der Waals surface area contributed by atoms with Crippen LogP contribution in [0.1, 0.15) is 28.8 Å². The van der Waals surface area contributed by atoms with Crippen LogP contribution in [-0.4, -0.2) is 54.8 Å². The molecule has 7 heteroatoms. The first-order valence-corrected chi connectivity index (χ1v) is 9.87. The summed E-state index contributed by atoms with van der Waals surface area (Å²) in [6.07, 6.45) is 3.87. The van der Waals surface area contributed by atoms with Gasteiger partial charge in [0.2, 0.25) is 6.79 Å². The van der Waals surface area contributed by atoms with Crippen molar-refractivity contribution < 1.29 is 14.3 Å². The minimum absolute atomic E-state index is 0.0184. The lowest BCUT2D eigenvalue weighted by Gasteiger charge is -2.35. The van der Waals surface area contributed by atoms with E-state index in [1.807, 2.05) is 18.2 Å². The van der Waals surface area contributed by atoms with Crippen LogP contribution in [0.15, 0.2) is 36.5 Å². The van der Waals surface area contributed by atoms with Crippen LogP contribution >= 0.6 is 0 Å². The number of benzene rings is 1. The van der Waals surface area contributed by atoms with Crippen LogP contribution in [0.25, 0.3) is 0 Å². The first-order valence-electron chi connectivity index (χ1n) is 9.87. The molecule has 1 N–H and O–H groups in total. The van der Waals surface area contributed by atoms with Gasteiger partial charge in [0.25, 0.3) is 5.91 Å². The molecule has 28 heavy (non-hydrogen) atoms. The summed E-state index contributed by atoms with van der Waals surface area (Å²) in [4.78, 5) is 21.3. The predicted octanol–water partition coefficient (Wildman–Crippen LogP) is 2.02. The molecule has 0 bridgehead atoms. The maximum atomic E-state index is 12.1. The number of nitrogens with one attached hydrogen (secondary N) is 1. The van der Waals surface area contributed by atoms with Crippen LogP contribution in [0, 0.1) is 0 Å². The molecule has 0 radical (unpaired) electrons. The van der Waals surface area contributed by atoms with Crippen molar-refractivity contribution in [3.8, 4) is 11.5 Å². The van der Waals surface area contributed by atoms with Gasteiger partial charge in [-0.2, -0.15) is 0 Å². The Kier molecular flexibility index (Phi) is 4.52. The van der Waals surface area contributed by atoms with E-state index in [2.05, 4.69) is 32.2 Å². The van der Waals surface area contributed by atoms with Gasteiger partial charge < -0.3 is 19.7 Å². The summed E-state index contributed by atoms with van der Waals surface area (Å²) in [5, 5.41) is 3.00. The third-order valence-electron chi connectivity index (χ3n) is 5.46. The molecule has 2 fully saturated rings. The second kappa shape index (κ2) is 7.31. The SMILES string of the molecule is O=C(NC1CC1)c1ccc(N2CCN(Cc3ccc4c(c3)OCO4)CC2)nc1. The van der Waals surface area contributed by atoms with Gasteiger partial charge in [-0.3, -0.25) is 9.69 Å². The van der Waals surface area contributed by atoms with E-state index in [9.17, 15) is 4.79 Å².